The summed E-state index contributed by atoms with van der Waals surface area (Å²) in [5.41, 5.74) is 5.87. The molecule has 29 heteroatoms. The third kappa shape index (κ3) is 18.0. The van der Waals surface area contributed by atoms with Crippen LogP contribution in [0.3, 0.4) is 0 Å². The fourth-order valence-corrected chi connectivity index (χ4v) is 7.21. The molecule has 0 bridgehead atoms. The number of hydrogen-bond acceptors (Lipinski definition) is 23. The molecule has 0 spiro atoms. The second kappa shape index (κ2) is 28.8. The van der Waals surface area contributed by atoms with Gasteiger partial charge >= 0.3 is 35.5 Å². The molecule has 8 rings (SSSR count). The van der Waals surface area contributed by atoms with Gasteiger partial charge in [-0.15, -0.1) is 0 Å². The molecule has 0 aliphatic heterocycles. The quantitative estimate of drug-likeness (QED) is 0.0295. The first kappa shape index (κ1) is 61.3. The third-order valence-corrected chi connectivity index (χ3v) is 11.4. The van der Waals surface area contributed by atoms with Crippen LogP contribution in [0.15, 0.2) is 133 Å². The Labute approximate surface area is 465 Å². The molecule has 81 heavy (non-hydrogen) atoms. The van der Waals surface area contributed by atoms with Gasteiger partial charge in [0.2, 0.25) is 11.5 Å². The maximum absolute atomic E-state index is 14.3. The number of amides is 1. The Hall–Kier alpha value is -8.96. The van der Waals surface area contributed by atoms with Crippen LogP contribution in [0.2, 0.25) is 10.0 Å². The van der Waals surface area contributed by atoms with E-state index in [4.69, 9.17) is 66.1 Å². The monoisotopic (exact) mass is 1170 g/mol. The minimum atomic E-state index is -1.72. The number of rotatable bonds is 21. The number of nitrogens with zero attached hydrogens (tertiary/aromatic N) is 4. The van der Waals surface area contributed by atoms with Crippen LogP contribution in [0, 0.1) is 25.5 Å². The van der Waals surface area contributed by atoms with Crippen LogP contribution in [-0.2, 0) is 45.4 Å². The summed E-state index contributed by atoms with van der Waals surface area (Å²) in [4.78, 5) is 69.4. The van der Waals surface area contributed by atoms with Gasteiger partial charge in [-0.1, -0.05) is 71.7 Å². The van der Waals surface area contributed by atoms with Gasteiger partial charge in [0.1, 0.15) is 11.6 Å². The minimum absolute atomic E-state index is 0.00814. The molecular formula is C52H48Cl2F2N6O19. The number of hydrazine groups is 2. The van der Waals surface area contributed by atoms with Gasteiger partial charge < -0.3 is 61.0 Å². The highest BCUT2D eigenvalue weighted by Gasteiger charge is 2.26. The number of carboxylic acids is 1. The molecule has 4 aromatic heterocycles. The number of aromatic nitrogens is 2. The number of hydrogen-bond donors (Lipinski definition) is 5. The van der Waals surface area contributed by atoms with E-state index in [9.17, 15) is 47.8 Å². The number of nitrogens with one attached hydrogen (secondary N) is 1. The average molecular weight is 1170 g/mol. The smallest absolute Gasteiger partial charge is 0.479 e. The van der Waals surface area contributed by atoms with Gasteiger partial charge in [-0.05, 0) is 82.8 Å². The van der Waals surface area contributed by atoms with E-state index >= 15 is 0 Å². The number of halogens is 4. The van der Waals surface area contributed by atoms with Gasteiger partial charge in [-0.25, -0.2) is 42.8 Å². The van der Waals surface area contributed by atoms with Crippen LogP contribution in [-0.4, -0.2) is 99.0 Å². The number of aromatic carboxylic acids is 1. The van der Waals surface area contributed by atoms with Gasteiger partial charge in [0, 0.05) is 34.3 Å². The number of aryl methyl sites for hydroxylation is 2. The van der Waals surface area contributed by atoms with E-state index < -0.39 is 66.6 Å². The highest BCUT2D eigenvalue weighted by atomic mass is 35.5. The molecule has 6 N–H and O–H groups in total. The van der Waals surface area contributed by atoms with E-state index in [0.29, 0.717) is 37.9 Å². The molecule has 0 fully saturated rings. The number of carbonyl (C=O) groups is 4. The molecule has 0 saturated heterocycles. The molecular weight excluding hydrogens is 1120 g/mol. The van der Waals surface area contributed by atoms with Crippen LogP contribution >= 0.6 is 23.2 Å². The fraction of sp³-hybridized carbons (Fsp3) is 0.231. The summed E-state index contributed by atoms with van der Waals surface area (Å²) in [6.07, 6.45) is -3.23. The summed E-state index contributed by atoms with van der Waals surface area (Å²) >= 11 is 11.9. The van der Waals surface area contributed by atoms with Crippen molar-refractivity contribution >= 4 is 47.0 Å². The van der Waals surface area contributed by atoms with Crippen LogP contribution < -0.4 is 32.4 Å². The third-order valence-electron chi connectivity index (χ3n) is 10.9. The minimum Gasteiger partial charge on any atom is -0.479 e. The predicted octanol–water partition coefficient (Wildman–Crippen LogP) is 6.41. The van der Waals surface area contributed by atoms with Crippen molar-refractivity contribution in [2.75, 3.05) is 27.3 Å². The predicted molar refractivity (Wildman–Crippen MR) is 275 cm³/mol. The Morgan fingerprint density at radius 1 is 0.642 bits per heavy atom. The maximum atomic E-state index is 14.3. The first-order valence-electron chi connectivity index (χ1n) is 23.4. The molecule has 1 amide bonds. The average Bonchev–Trinajstić information content (AvgIpc) is 4.30. The molecule has 0 aliphatic rings. The first-order chi connectivity index (χ1) is 38.6. The van der Waals surface area contributed by atoms with E-state index in [1.807, 2.05) is 0 Å². The van der Waals surface area contributed by atoms with Gasteiger partial charge in [-0.3, -0.25) is 16.1 Å². The molecule has 0 unspecified atom stereocenters. The summed E-state index contributed by atoms with van der Waals surface area (Å²) in [6, 6.07) is 24.6. The molecule has 4 heterocycles. The number of aliphatic hydroxyl groups is 2. The number of benzene rings is 4. The Kier molecular flexibility index (Phi) is 21.8. The van der Waals surface area contributed by atoms with Crippen LogP contribution in [0.4, 0.5) is 8.78 Å². The van der Waals surface area contributed by atoms with Gasteiger partial charge in [0.15, 0.2) is 48.5 Å². The van der Waals surface area contributed by atoms with Crippen LogP contribution in [0.25, 0.3) is 22.3 Å². The second-order valence-corrected chi connectivity index (χ2v) is 17.7. The summed E-state index contributed by atoms with van der Waals surface area (Å²) in [5.74, 6) is -0.457. The van der Waals surface area contributed by atoms with Crippen LogP contribution in [0.1, 0.15) is 55.3 Å². The number of ether oxygens (including phenoxy) is 4. The highest BCUT2D eigenvalue weighted by Crippen LogP contribution is 2.28. The Morgan fingerprint density at radius 3 is 1.48 bits per heavy atom. The van der Waals surface area contributed by atoms with Crippen molar-refractivity contribution in [3.63, 3.8) is 0 Å². The Bertz CT molecular complexity index is 3540. The first-order valence-corrected chi connectivity index (χ1v) is 24.1. The van der Waals surface area contributed by atoms with E-state index in [0.717, 1.165) is 5.56 Å². The lowest BCUT2D eigenvalue weighted by atomic mass is 10.0. The molecule has 2 atom stereocenters. The maximum Gasteiger partial charge on any atom is 0.519 e. The number of aliphatic hydroxyl groups excluding tert-OH is 2. The Balaban J connectivity index is 0.000000227. The van der Waals surface area contributed by atoms with Crippen molar-refractivity contribution < 1.29 is 88.9 Å². The van der Waals surface area contributed by atoms with Crippen molar-refractivity contribution in [2.45, 2.75) is 52.4 Å². The summed E-state index contributed by atoms with van der Waals surface area (Å²) in [5, 5.41) is 39.0. The highest BCUT2D eigenvalue weighted by molar-refractivity contribution is 6.31. The van der Waals surface area contributed by atoms with Crippen molar-refractivity contribution in [1.29, 1.82) is 0 Å². The van der Waals surface area contributed by atoms with Crippen molar-refractivity contribution in [1.82, 2.24) is 25.8 Å². The molecule has 428 valence electrons. The largest absolute Gasteiger partial charge is 0.519 e. The van der Waals surface area contributed by atoms with Crippen molar-refractivity contribution in [3.05, 3.63) is 186 Å². The van der Waals surface area contributed by atoms with Crippen molar-refractivity contribution in [2.24, 2.45) is 5.84 Å². The zero-order valence-electron chi connectivity index (χ0n) is 42.9. The lowest BCUT2D eigenvalue weighted by molar-refractivity contribution is -0.157. The number of methoxy groups -OCH3 is 2. The van der Waals surface area contributed by atoms with Gasteiger partial charge in [0.05, 0.1) is 39.4 Å². The summed E-state index contributed by atoms with van der Waals surface area (Å²) in [7, 11) is 2.73. The molecule has 0 aliphatic carbocycles. The van der Waals surface area contributed by atoms with Crippen molar-refractivity contribution in [3.8, 4) is 34.0 Å². The van der Waals surface area contributed by atoms with E-state index in [-0.39, 0.29) is 78.4 Å². The number of esters is 2. The Morgan fingerprint density at radius 2 is 1.07 bits per heavy atom. The van der Waals surface area contributed by atoms with E-state index in [1.165, 1.54) is 80.5 Å². The molecule has 4 aromatic carbocycles. The number of carbonyl (C=O) groups excluding carboxylic acids is 3. The van der Waals surface area contributed by atoms with Crippen LogP contribution in [0.5, 0.6) is 11.8 Å². The standard InChI is InChI=1S/C26H23ClFN3O9.C21H20ClFN2O6.C5H5NO4/c1-14-22(39-26(35)38-14)13-37-25(34)20(32)12-31(29-24(33)21-10-23(36-2)30-40-21)11-15-3-5-16(6-4-15)18-9-17(27)7-8-19(18)28;1-12-19(31-21(28)30-12)11-29-20(27)18(26)10-25(24)9-13-2-4-14(5-3-13)16-8-15(22)6-7-17(16)23;1-9-4-2-3(5(7)8)10-6-4/h3-10,20,32H,11-13H2,1-2H3,(H,29,33);2-8,18,26H,9-11,24H2,1H3;2H,1H3,(H,7,8)/t20-;18-;/m11./s1. The van der Waals surface area contributed by atoms with E-state index in [1.54, 1.807) is 54.6 Å². The lowest BCUT2D eigenvalue weighted by Crippen LogP contribution is -2.47. The molecule has 0 saturated carbocycles. The van der Waals surface area contributed by atoms with Gasteiger partial charge in [-0.2, -0.15) is 0 Å². The fourth-order valence-electron chi connectivity index (χ4n) is 6.86. The second-order valence-electron chi connectivity index (χ2n) is 16.8. The zero-order valence-corrected chi connectivity index (χ0v) is 44.4. The number of nitrogens with two attached hydrogens (primary N) is 1. The summed E-state index contributed by atoms with van der Waals surface area (Å²) in [6.45, 7) is 1.77. The normalized spacial score (nSPS) is 11.7. The van der Waals surface area contributed by atoms with E-state index in [2.05, 4.69) is 29.4 Å². The zero-order chi connectivity index (χ0) is 58.9. The lowest BCUT2D eigenvalue weighted by Gasteiger charge is -2.24. The van der Waals surface area contributed by atoms with Gasteiger partial charge in [0.25, 0.3) is 11.8 Å². The topological polar surface area (TPSA) is 349 Å². The molecule has 25 nitrogen and oxygen atoms in total. The SMILES string of the molecule is COc1cc(C(=O)NN(Cc2ccc(-c3cc(Cl)ccc3F)cc2)C[C@@H](O)C(=O)OCc2oc(=O)oc2C)on1.COc1cc(C(=O)O)on1.Cc1oc(=O)oc1COC(=O)[C@H](O)CN(N)Cc1ccc(-c2cc(Cl)ccc2F)cc1. The number of carboxylic acid groups (broad SMARTS) is 1. The summed E-state index contributed by atoms with van der Waals surface area (Å²) < 4.78 is 75.8. The molecule has 8 aromatic rings. The molecule has 0 radical (unpaired) electrons.